The molecule has 0 spiro atoms. The summed E-state index contributed by atoms with van der Waals surface area (Å²) in [6, 6.07) is 10.6. The average Bonchev–Trinajstić information content (AvgIpc) is 3.19. The van der Waals surface area contributed by atoms with Crippen LogP contribution in [0.5, 0.6) is 0 Å². The lowest BCUT2D eigenvalue weighted by Crippen LogP contribution is -2.52. The van der Waals surface area contributed by atoms with Crippen molar-refractivity contribution in [3.05, 3.63) is 71.3 Å². The second-order valence-electron chi connectivity index (χ2n) is 9.64. The van der Waals surface area contributed by atoms with Gasteiger partial charge in [-0.05, 0) is 41.1 Å². The van der Waals surface area contributed by atoms with Gasteiger partial charge in [0.2, 0.25) is 11.8 Å². The number of imide groups is 1. The molecule has 1 N–H and O–H groups in total. The van der Waals surface area contributed by atoms with Gasteiger partial charge in [-0.3, -0.25) is 29.6 Å². The van der Waals surface area contributed by atoms with E-state index in [2.05, 4.69) is 33.4 Å². The molecule has 0 radical (unpaired) electrons. The van der Waals surface area contributed by atoms with Crippen LogP contribution in [0.15, 0.2) is 48.8 Å². The predicted octanol–water partition coefficient (Wildman–Crippen LogP) is 2.46. The Labute approximate surface area is 207 Å². The zero-order valence-corrected chi connectivity index (χ0v) is 19.7. The van der Waals surface area contributed by atoms with Crippen LogP contribution in [-0.2, 0) is 22.7 Å². The first-order valence-electron chi connectivity index (χ1n) is 12.2. The van der Waals surface area contributed by atoms with E-state index in [-0.39, 0.29) is 31.2 Å². The van der Waals surface area contributed by atoms with Gasteiger partial charge in [0.25, 0.3) is 5.91 Å². The van der Waals surface area contributed by atoms with Crippen molar-refractivity contribution in [2.75, 3.05) is 31.1 Å². The number of anilines is 1. The van der Waals surface area contributed by atoms with E-state index < -0.39 is 17.8 Å². The van der Waals surface area contributed by atoms with Crippen molar-refractivity contribution in [2.24, 2.45) is 0 Å². The molecule has 4 heterocycles. The number of benzene rings is 2. The summed E-state index contributed by atoms with van der Waals surface area (Å²) in [4.78, 5) is 46.8. The lowest BCUT2D eigenvalue weighted by atomic mass is 10.0. The largest absolute Gasteiger partial charge is 0.367 e. The normalized spacial score (nSPS) is 20.7. The molecule has 0 saturated carbocycles. The number of pyridine rings is 1. The molecular formula is C27H26FN5O3. The first-order valence-corrected chi connectivity index (χ1v) is 12.2. The molecule has 3 aliphatic rings. The Morgan fingerprint density at radius 3 is 2.69 bits per heavy atom. The number of carbonyl (C=O) groups is 3. The van der Waals surface area contributed by atoms with Gasteiger partial charge in [-0.2, -0.15) is 0 Å². The number of rotatable bonds is 4. The summed E-state index contributed by atoms with van der Waals surface area (Å²) in [5.41, 5.74) is 2.72. The van der Waals surface area contributed by atoms with Gasteiger partial charge in [-0.1, -0.05) is 18.2 Å². The van der Waals surface area contributed by atoms with Crippen LogP contribution in [0.2, 0.25) is 0 Å². The van der Waals surface area contributed by atoms with Crippen LogP contribution >= 0.6 is 0 Å². The number of halogens is 1. The van der Waals surface area contributed by atoms with Gasteiger partial charge in [-0.25, -0.2) is 4.39 Å². The van der Waals surface area contributed by atoms with Crippen molar-refractivity contribution in [3.63, 3.8) is 0 Å². The van der Waals surface area contributed by atoms with Crippen molar-refractivity contribution in [2.45, 2.75) is 32.0 Å². The zero-order chi connectivity index (χ0) is 24.8. The Kier molecular flexibility index (Phi) is 5.64. The smallest absolute Gasteiger partial charge is 0.255 e. The second-order valence-corrected chi connectivity index (χ2v) is 9.64. The van der Waals surface area contributed by atoms with Crippen LogP contribution in [0.25, 0.3) is 10.8 Å². The quantitative estimate of drug-likeness (QED) is 0.569. The molecule has 9 heteroatoms. The molecule has 2 fully saturated rings. The molecule has 1 unspecified atom stereocenters. The highest BCUT2D eigenvalue weighted by Gasteiger charge is 2.40. The summed E-state index contributed by atoms with van der Waals surface area (Å²) in [7, 11) is 0. The molecule has 36 heavy (non-hydrogen) atoms. The minimum Gasteiger partial charge on any atom is -0.367 e. The van der Waals surface area contributed by atoms with Crippen LogP contribution in [-0.4, -0.2) is 64.7 Å². The molecule has 1 atom stereocenters. The van der Waals surface area contributed by atoms with E-state index >= 15 is 4.39 Å². The molecule has 2 saturated heterocycles. The van der Waals surface area contributed by atoms with Crippen LogP contribution in [0.4, 0.5) is 10.1 Å². The number of carbonyl (C=O) groups excluding carboxylic acids is 3. The van der Waals surface area contributed by atoms with E-state index in [1.165, 1.54) is 21.9 Å². The van der Waals surface area contributed by atoms with E-state index in [9.17, 15) is 14.4 Å². The third kappa shape index (κ3) is 3.99. The molecular weight excluding hydrogens is 461 g/mol. The van der Waals surface area contributed by atoms with Crippen LogP contribution in [0.1, 0.15) is 34.3 Å². The molecule has 3 amide bonds. The monoisotopic (exact) mass is 487 g/mol. The summed E-state index contributed by atoms with van der Waals surface area (Å²) in [6.45, 7) is 3.96. The first kappa shape index (κ1) is 22.6. The maximum absolute atomic E-state index is 15.2. The van der Waals surface area contributed by atoms with E-state index in [1.54, 1.807) is 12.3 Å². The van der Waals surface area contributed by atoms with Gasteiger partial charge in [0, 0.05) is 69.0 Å². The first-order chi connectivity index (χ1) is 17.5. The number of hydrogen-bond donors (Lipinski definition) is 1. The minimum atomic E-state index is -0.707. The maximum atomic E-state index is 15.2. The Balaban J connectivity index is 1.15. The topological polar surface area (TPSA) is 85.9 Å². The van der Waals surface area contributed by atoms with Gasteiger partial charge < -0.3 is 9.80 Å². The maximum Gasteiger partial charge on any atom is 0.255 e. The number of nitrogens with zero attached hydrogens (tertiary/aromatic N) is 4. The molecule has 0 bridgehead atoms. The summed E-state index contributed by atoms with van der Waals surface area (Å²) in [6.07, 6.45) is 4.18. The zero-order valence-electron chi connectivity index (χ0n) is 19.7. The van der Waals surface area contributed by atoms with E-state index in [1.807, 2.05) is 17.2 Å². The van der Waals surface area contributed by atoms with Crippen molar-refractivity contribution >= 4 is 34.2 Å². The lowest BCUT2D eigenvalue weighted by molar-refractivity contribution is -0.136. The van der Waals surface area contributed by atoms with Gasteiger partial charge in [0.05, 0.1) is 5.69 Å². The van der Waals surface area contributed by atoms with Gasteiger partial charge >= 0.3 is 0 Å². The van der Waals surface area contributed by atoms with Gasteiger partial charge in [-0.15, -0.1) is 0 Å². The van der Waals surface area contributed by atoms with Crippen LogP contribution < -0.4 is 10.2 Å². The Hall–Kier alpha value is -3.85. The molecule has 3 aliphatic heterocycles. The third-order valence-electron chi connectivity index (χ3n) is 7.47. The summed E-state index contributed by atoms with van der Waals surface area (Å²) in [5.74, 6) is -1.59. The number of piperidine rings is 1. The highest BCUT2D eigenvalue weighted by molar-refractivity contribution is 6.05. The van der Waals surface area contributed by atoms with Gasteiger partial charge in [0.15, 0.2) is 0 Å². The lowest BCUT2D eigenvalue weighted by Gasteiger charge is -2.36. The molecule has 1 aromatic heterocycles. The van der Waals surface area contributed by atoms with Crippen LogP contribution in [0, 0.1) is 5.82 Å². The average molecular weight is 488 g/mol. The highest BCUT2D eigenvalue weighted by Crippen LogP contribution is 2.33. The van der Waals surface area contributed by atoms with Crippen molar-refractivity contribution in [1.82, 2.24) is 20.1 Å². The standard InChI is InChI=1S/C27H26FN5O3/c28-22-13-20-19(16-33(27(20)36)23-4-5-25(34)30-26(23)35)12-24(22)32-10-8-31(9-11-32)15-18-3-1-2-17-6-7-29-14-21(17)18/h1-3,6-7,12-14,23H,4-5,8-11,15-16H2,(H,30,34,35). The van der Waals surface area contributed by atoms with E-state index in [4.69, 9.17) is 0 Å². The SMILES string of the molecule is O=C1CCC(N2Cc3cc(N4CCN(Cc5cccc6ccncc56)CC4)c(F)cc3C2=O)C(=O)N1. The molecule has 2 aromatic carbocycles. The highest BCUT2D eigenvalue weighted by atomic mass is 19.1. The Morgan fingerprint density at radius 1 is 1.06 bits per heavy atom. The number of nitrogens with one attached hydrogen (secondary N) is 1. The molecule has 3 aromatic rings. The Morgan fingerprint density at radius 2 is 1.89 bits per heavy atom. The fourth-order valence-electron chi connectivity index (χ4n) is 5.52. The molecule has 6 rings (SSSR count). The minimum absolute atomic E-state index is 0.190. The fraction of sp³-hybridized carbons (Fsp3) is 0.333. The summed E-state index contributed by atoms with van der Waals surface area (Å²) >= 11 is 0. The summed E-state index contributed by atoms with van der Waals surface area (Å²) in [5, 5.41) is 4.62. The third-order valence-corrected chi connectivity index (χ3v) is 7.47. The fourth-order valence-corrected chi connectivity index (χ4v) is 5.52. The second kappa shape index (κ2) is 8.98. The van der Waals surface area contributed by atoms with E-state index in [0.29, 0.717) is 29.9 Å². The number of fused-ring (bicyclic) bond motifs is 2. The molecule has 8 nitrogen and oxygen atoms in total. The number of amides is 3. The molecule has 0 aliphatic carbocycles. The van der Waals surface area contributed by atoms with Crippen LogP contribution in [0.3, 0.4) is 0 Å². The van der Waals surface area contributed by atoms with Gasteiger partial charge in [0.1, 0.15) is 11.9 Å². The number of hydrogen-bond acceptors (Lipinski definition) is 6. The molecule has 184 valence electrons. The summed E-state index contributed by atoms with van der Waals surface area (Å²) < 4.78 is 15.2. The Bertz CT molecular complexity index is 1380. The van der Waals surface area contributed by atoms with Crippen molar-refractivity contribution in [3.8, 4) is 0 Å². The van der Waals surface area contributed by atoms with E-state index in [0.717, 1.165) is 25.0 Å². The predicted molar refractivity (Wildman–Crippen MR) is 132 cm³/mol. The number of piperazine rings is 1. The van der Waals surface area contributed by atoms with Crippen molar-refractivity contribution in [1.29, 1.82) is 0 Å². The number of aromatic nitrogens is 1. The van der Waals surface area contributed by atoms with Crippen molar-refractivity contribution < 1.29 is 18.8 Å².